The van der Waals surface area contributed by atoms with Crippen molar-refractivity contribution in [3.8, 4) is 0 Å². The number of nitrogens with zero attached hydrogens (tertiary/aromatic N) is 1. The standard InChI is InChI=1S/C12H17Cl2N3O3S/c1-3-16-11(18)7-17(4-2)21(19,20)12-9(13)5-8(15)6-10(12)14/h5-6H,3-4,7,15H2,1-2H3,(H,16,18). The zero-order chi connectivity index (χ0) is 16.2. The number of carbonyl (C=O) groups excluding carboxylic acids is 1. The van der Waals surface area contributed by atoms with Crippen LogP contribution in [0.5, 0.6) is 0 Å². The average molecular weight is 354 g/mol. The predicted octanol–water partition coefficient (Wildman–Crippen LogP) is 1.72. The van der Waals surface area contributed by atoms with Gasteiger partial charge in [0.25, 0.3) is 0 Å². The molecular formula is C12H17Cl2N3O3S. The number of hydrogen-bond acceptors (Lipinski definition) is 4. The number of nitrogen functional groups attached to an aromatic ring is 1. The summed E-state index contributed by atoms with van der Waals surface area (Å²) in [4.78, 5) is 11.4. The van der Waals surface area contributed by atoms with Gasteiger partial charge in [-0.15, -0.1) is 0 Å². The highest BCUT2D eigenvalue weighted by Gasteiger charge is 2.29. The largest absolute Gasteiger partial charge is 0.399 e. The van der Waals surface area contributed by atoms with Crippen LogP contribution in [0.2, 0.25) is 10.0 Å². The van der Waals surface area contributed by atoms with Gasteiger partial charge in [0.05, 0.1) is 16.6 Å². The maximum absolute atomic E-state index is 12.6. The number of anilines is 1. The van der Waals surface area contributed by atoms with Crippen molar-refractivity contribution in [1.29, 1.82) is 0 Å². The lowest BCUT2D eigenvalue weighted by Crippen LogP contribution is -2.40. The van der Waals surface area contributed by atoms with Crippen molar-refractivity contribution >= 4 is 44.8 Å². The number of benzene rings is 1. The molecule has 0 aromatic heterocycles. The molecule has 21 heavy (non-hydrogen) atoms. The van der Waals surface area contributed by atoms with Crippen molar-refractivity contribution < 1.29 is 13.2 Å². The van der Waals surface area contributed by atoms with E-state index < -0.39 is 15.9 Å². The predicted molar refractivity (Wildman–Crippen MR) is 84.0 cm³/mol. The Hall–Kier alpha value is -1.02. The Morgan fingerprint density at radius 2 is 1.81 bits per heavy atom. The molecule has 1 rings (SSSR count). The Bertz CT molecular complexity index is 612. The van der Waals surface area contributed by atoms with Gasteiger partial charge < -0.3 is 11.1 Å². The summed E-state index contributed by atoms with van der Waals surface area (Å²) < 4.78 is 26.2. The van der Waals surface area contributed by atoms with Gasteiger partial charge in [-0.2, -0.15) is 4.31 Å². The summed E-state index contributed by atoms with van der Waals surface area (Å²) in [6, 6.07) is 2.61. The molecule has 0 fully saturated rings. The number of nitrogens with one attached hydrogen (secondary N) is 1. The zero-order valence-electron chi connectivity index (χ0n) is 11.7. The lowest BCUT2D eigenvalue weighted by atomic mass is 10.3. The van der Waals surface area contributed by atoms with E-state index in [1.54, 1.807) is 13.8 Å². The van der Waals surface area contributed by atoms with E-state index in [4.69, 9.17) is 28.9 Å². The van der Waals surface area contributed by atoms with Gasteiger partial charge in [0.15, 0.2) is 0 Å². The molecule has 1 amide bonds. The first-order chi connectivity index (χ1) is 9.73. The van der Waals surface area contributed by atoms with E-state index in [0.717, 1.165) is 4.31 Å². The normalized spacial score (nSPS) is 11.7. The van der Waals surface area contributed by atoms with Crippen LogP contribution in [0, 0.1) is 0 Å². The van der Waals surface area contributed by atoms with Gasteiger partial charge >= 0.3 is 0 Å². The quantitative estimate of drug-likeness (QED) is 0.761. The Labute approximate surface area is 134 Å². The van der Waals surface area contributed by atoms with Crippen molar-refractivity contribution in [2.75, 3.05) is 25.4 Å². The molecule has 0 aliphatic heterocycles. The monoisotopic (exact) mass is 353 g/mol. The van der Waals surface area contributed by atoms with Crippen LogP contribution in [0.1, 0.15) is 13.8 Å². The molecule has 0 bridgehead atoms. The van der Waals surface area contributed by atoms with Crippen LogP contribution in [0.25, 0.3) is 0 Å². The molecule has 0 aliphatic carbocycles. The molecule has 0 heterocycles. The molecule has 6 nitrogen and oxygen atoms in total. The fourth-order valence-corrected chi connectivity index (χ4v) is 4.32. The highest BCUT2D eigenvalue weighted by atomic mass is 35.5. The lowest BCUT2D eigenvalue weighted by molar-refractivity contribution is -0.121. The van der Waals surface area contributed by atoms with E-state index in [0.29, 0.717) is 6.54 Å². The first-order valence-corrected chi connectivity index (χ1v) is 8.45. The second kappa shape index (κ2) is 7.31. The zero-order valence-corrected chi connectivity index (χ0v) is 14.0. The molecule has 1 aromatic carbocycles. The molecule has 0 saturated carbocycles. The third kappa shape index (κ3) is 4.23. The molecule has 0 atom stereocenters. The average Bonchev–Trinajstić information content (AvgIpc) is 2.34. The maximum Gasteiger partial charge on any atom is 0.246 e. The molecule has 3 N–H and O–H groups in total. The van der Waals surface area contributed by atoms with Crippen LogP contribution in [0.3, 0.4) is 0 Å². The number of likely N-dealkylation sites (N-methyl/N-ethyl adjacent to an activating group) is 2. The van der Waals surface area contributed by atoms with Crippen LogP contribution in [-0.4, -0.2) is 38.3 Å². The van der Waals surface area contributed by atoms with Crippen LogP contribution < -0.4 is 11.1 Å². The third-order valence-corrected chi connectivity index (χ3v) is 5.51. The minimum atomic E-state index is -3.99. The fourth-order valence-electron chi connectivity index (χ4n) is 1.74. The summed E-state index contributed by atoms with van der Waals surface area (Å²) >= 11 is 11.9. The van der Waals surface area contributed by atoms with Gasteiger partial charge in [0, 0.05) is 18.8 Å². The lowest BCUT2D eigenvalue weighted by Gasteiger charge is -2.21. The number of rotatable bonds is 6. The van der Waals surface area contributed by atoms with E-state index in [-0.39, 0.29) is 33.7 Å². The highest BCUT2D eigenvalue weighted by molar-refractivity contribution is 7.89. The van der Waals surface area contributed by atoms with Crippen molar-refractivity contribution in [1.82, 2.24) is 9.62 Å². The summed E-state index contributed by atoms with van der Waals surface area (Å²) in [6.07, 6.45) is 0. The van der Waals surface area contributed by atoms with Crippen LogP contribution >= 0.6 is 23.2 Å². The van der Waals surface area contributed by atoms with Crippen molar-refractivity contribution in [2.24, 2.45) is 0 Å². The summed E-state index contributed by atoms with van der Waals surface area (Å²) in [5.41, 5.74) is 5.82. The topological polar surface area (TPSA) is 92.5 Å². The van der Waals surface area contributed by atoms with Crippen LogP contribution in [-0.2, 0) is 14.8 Å². The molecule has 0 spiro atoms. The Kier molecular flexibility index (Phi) is 6.27. The van der Waals surface area contributed by atoms with Gasteiger partial charge in [-0.3, -0.25) is 4.79 Å². The number of hydrogen-bond donors (Lipinski definition) is 2. The molecule has 1 aromatic rings. The van der Waals surface area contributed by atoms with Gasteiger partial charge in [-0.25, -0.2) is 8.42 Å². The molecular weight excluding hydrogens is 337 g/mol. The first-order valence-electron chi connectivity index (χ1n) is 6.25. The van der Waals surface area contributed by atoms with Crippen LogP contribution in [0.15, 0.2) is 17.0 Å². The second-order valence-electron chi connectivity index (χ2n) is 4.20. The maximum atomic E-state index is 12.6. The molecule has 9 heteroatoms. The second-order valence-corrected chi connectivity index (χ2v) is 6.89. The summed E-state index contributed by atoms with van der Waals surface area (Å²) in [7, 11) is -3.99. The smallest absolute Gasteiger partial charge is 0.246 e. The van der Waals surface area contributed by atoms with Crippen molar-refractivity contribution in [2.45, 2.75) is 18.7 Å². The number of carbonyl (C=O) groups is 1. The number of nitrogens with two attached hydrogens (primary N) is 1. The molecule has 118 valence electrons. The molecule has 0 unspecified atom stereocenters. The van der Waals surface area contributed by atoms with E-state index in [2.05, 4.69) is 5.32 Å². The van der Waals surface area contributed by atoms with E-state index >= 15 is 0 Å². The summed E-state index contributed by atoms with van der Waals surface area (Å²) in [5, 5.41) is 2.39. The Morgan fingerprint density at radius 3 is 2.24 bits per heavy atom. The minimum absolute atomic E-state index is 0.0747. The number of halogens is 2. The number of amides is 1. The van der Waals surface area contributed by atoms with E-state index in [9.17, 15) is 13.2 Å². The summed E-state index contributed by atoms with van der Waals surface area (Å²) in [5.74, 6) is -0.398. The van der Waals surface area contributed by atoms with Gasteiger partial charge in [-0.1, -0.05) is 30.1 Å². The number of sulfonamides is 1. The highest BCUT2D eigenvalue weighted by Crippen LogP contribution is 2.33. The molecule has 0 radical (unpaired) electrons. The Morgan fingerprint density at radius 1 is 1.29 bits per heavy atom. The molecule has 0 aliphatic rings. The van der Waals surface area contributed by atoms with Gasteiger partial charge in [0.1, 0.15) is 4.90 Å². The van der Waals surface area contributed by atoms with Crippen LogP contribution in [0.4, 0.5) is 5.69 Å². The third-order valence-electron chi connectivity index (χ3n) is 2.67. The first kappa shape index (κ1) is 18.0. The minimum Gasteiger partial charge on any atom is -0.399 e. The van der Waals surface area contributed by atoms with E-state index in [1.165, 1.54) is 12.1 Å². The fraction of sp³-hybridized carbons (Fsp3) is 0.417. The SMILES string of the molecule is CCNC(=O)CN(CC)S(=O)(=O)c1c(Cl)cc(N)cc1Cl. The molecule has 0 saturated heterocycles. The van der Waals surface area contributed by atoms with Gasteiger partial charge in [-0.05, 0) is 19.1 Å². The summed E-state index contributed by atoms with van der Waals surface area (Å²) in [6.45, 7) is 3.59. The van der Waals surface area contributed by atoms with E-state index in [1.807, 2.05) is 0 Å². The Balaban J connectivity index is 3.23. The van der Waals surface area contributed by atoms with Crippen molar-refractivity contribution in [3.05, 3.63) is 22.2 Å². The van der Waals surface area contributed by atoms with Crippen molar-refractivity contribution in [3.63, 3.8) is 0 Å². The van der Waals surface area contributed by atoms with Gasteiger partial charge in [0.2, 0.25) is 15.9 Å².